The summed E-state index contributed by atoms with van der Waals surface area (Å²) in [4.78, 5) is 12.3. The zero-order valence-electron chi connectivity index (χ0n) is 9.60. The van der Waals surface area contributed by atoms with E-state index in [2.05, 4.69) is 14.9 Å². The SMILES string of the molecule is Cc1nnsc1C(=O)NCC1(O)CCOCC1. The summed E-state index contributed by atoms with van der Waals surface area (Å²) in [5, 5.41) is 16.7. The molecule has 0 unspecified atom stereocenters. The third kappa shape index (κ3) is 2.99. The number of nitrogens with zero attached hydrogens (tertiary/aromatic N) is 2. The van der Waals surface area contributed by atoms with Gasteiger partial charge in [-0.15, -0.1) is 5.10 Å². The largest absolute Gasteiger partial charge is 0.388 e. The molecule has 2 N–H and O–H groups in total. The maximum atomic E-state index is 11.8. The highest BCUT2D eigenvalue weighted by atomic mass is 32.1. The van der Waals surface area contributed by atoms with Crippen LogP contribution in [-0.2, 0) is 4.74 Å². The van der Waals surface area contributed by atoms with E-state index in [4.69, 9.17) is 4.74 Å². The Morgan fingerprint density at radius 2 is 2.29 bits per heavy atom. The zero-order valence-corrected chi connectivity index (χ0v) is 10.4. The second-order valence-corrected chi connectivity index (χ2v) is 4.96. The summed E-state index contributed by atoms with van der Waals surface area (Å²) in [5.41, 5.74) is -0.230. The molecule has 2 heterocycles. The van der Waals surface area contributed by atoms with E-state index in [1.807, 2.05) is 0 Å². The number of ether oxygens (including phenoxy) is 1. The molecule has 1 fully saturated rings. The lowest BCUT2D eigenvalue weighted by molar-refractivity contribution is -0.0605. The highest BCUT2D eigenvalue weighted by molar-refractivity contribution is 7.07. The Labute approximate surface area is 103 Å². The van der Waals surface area contributed by atoms with E-state index < -0.39 is 5.60 Å². The van der Waals surface area contributed by atoms with Gasteiger partial charge in [0.1, 0.15) is 4.88 Å². The average Bonchev–Trinajstić information content (AvgIpc) is 2.74. The molecule has 2 rings (SSSR count). The van der Waals surface area contributed by atoms with Crippen LogP contribution in [0.2, 0.25) is 0 Å². The molecule has 1 saturated heterocycles. The highest BCUT2D eigenvalue weighted by Gasteiger charge is 2.30. The molecule has 6 nitrogen and oxygen atoms in total. The molecule has 1 aliphatic heterocycles. The van der Waals surface area contributed by atoms with Gasteiger partial charge in [0.25, 0.3) is 5.91 Å². The molecule has 0 spiro atoms. The second-order valence-electron chi connectivity index (χ2n) is 4.21. The fraction of sp³-hybridized carbons (Fsp3) is 0.700. The van der Waals surface area contributed by atoms with Crippen LogP contribution in [0.3, 0.4) is 0 Å². The molecular formula is C10H15N3O3S. The van der Waals surface area contributed by atoms with E-state index in [0.717, 1.165) is 11.5 Å². The number of amides is 1. The first-order valence-corrected chi connectivity index (χ1v) is 6.25. The van der Waals surface area contributed by atoms with Crippen LogP contribution in [0.15, 0.2) is 0 Å². The highest BCUT2D eigenvalue weighted by Crippen LogP contribution is 2.19. The first-order chi connectivity index (χ1) is 8.11. The number of aromatic nitrogens is 2. The van der Waals surface area contributed by atoms with Crippen molar-refractivity contribution in [2.75, 3.05) is 19.8 Å². The van der Waals surface area contributed by atoms with Gasteiger partial charge in [0, 0.05) is 32.6 Å². The van der Waals surface area contributed by atoms with Crippen molar-refractivity contribution in [3.05, 3.63) is 10.6 Å². The topological polar surface area (TPSA) is 84.3 Å². The number of aliphatic hydroxyl groups is 1. The quantitative estimate of drug-likeness (QED) is 0.803. The number of nitrogens with one attached hydrogen (secondary N) is 1. The Morgan fingerprint density at radius 1 is 1.59 bits per heavy atom. The van der Waals surface area contributed by atoms with Crippen molar-refractivity contribution in [3.8, 4) is 0 Å². The van der Waals surface area contributed by atoms with Crippen LogP contribution in [0.1, 0.15) is 28.2 Å². The van der Waals surface area contributed by atoms with Crippen LogP contribution in [-0.4, -0.2) is 46.0 Å². The minimum absolute atomic E-state index is 0.225. The maximum absolute atomic E-state index is 11.8. The van der Waals surface area contributed by atoms with Crippen LogP contribution in [0.4, 0.5) is 0 Å². The van der Waals surface area contributed by atoms with E-state index in [0.29, 0.717) is 36.6 Å². The number of hydrogen-bond acceptors (Lipinski definition) is 6. The zero-order chi connectivity index (χ0) is 12.3. The fourth-order valence-corrected chi connectivity index (χ4v) is 2.27. The Hall–Kier alpha value is -1.05. The Morgan fingerprint density at radius 3 is 2.88 bits per heavy atom. The predicted octanol–water partition coefficient (Wildman–Crippen LogP) is 0.118. The number of carbonyl (C=O) groups excluding carboxylic acids is 1. The molecule has 1 aromatic heterocycles. The summed E-state index contributed by atoms with van der Waals surface area (Å²) in [6, 6.07) is 0. The van der Waals surface area contributed by atoms with Crippen molar-refractivity contribution < 1.29 is 14.6 Å². The Bertz CT molecular complexity index is 401. The summed E-state index contributed by atoms with van der Waals surface area (Å²) < 4.78 is 8.88. The Kier molecular flexibility index (Phi) is 3.70. The van der Waals surface area contributed by atoms with E-state index in [9.17, 15) is 9.90 Å². The molecule has 0 bridgehead atoms. The summed E-state index contributed by atoms with van der Waals surface area (Å²) in [6.07, 6.45) is 1.10. The molecule has 1 aliphatic rings. The normalized spacial score (nSPS) is 18.9. The lowest BCUT2D eigenvalue weighted by Crippen LogP contribution is -2.46. The molecule has 0 aliphatic carbocycles. The lowest BCUT2D eigenvalue weighted by Gasteiger charge is -2.31. The van der Waals surface area contributed by atoms with Gasteiger partial charge < -0.3 is 15.2 Å². The van der Waals surface area contributed by atoms with Gasteiger partial charge in [0.15, 0.2) is 0 Å². The third-order valence-corrected chi connectivity index (χ3v) is 3.69. The van der Waals surface area contributed by atoms with Crippen molar-refractivity contribution in [1.29, 1.82) is 0 Å². The van der Waals surface area contributed by atoms with Crippen molar-refractivity contribution in [1.82, 2.24) is 14.9 Å². The van der Waals surface area contributed by atoms with Gasteiger partial charge in [0.05, 0.1) is 11.3 Å². The third-order valence-electron chi connectivity index (χ3n) is 2.86. The van der Waals surface area contributed by atoms with Gasteiger partial charge in [-0.25, -0.2) is 0 Å². The van der Waals surface area contributed by atoms with Crippen LogP contribution < -0.4 is 5.32 Å². The standard InChI is InChI=1S/C10H15N3O3S/c1-7-8(17-13-12-7)9(14)11-6-10(15)2-4-16-5-3-10/h15H,2-6H2,1H3,(H,11,14). The minimum Gasteiger partial charge on any atom is -0.388 e. The van der Waals surface area contributed by atoms with E-state index >= 15 is 0 Å². The molecule has 1 aromatic rings. The number of carbonyl (C=O) groups is 1. The molecule has 94 valence electrons. The van der Waals surface area contributed by atoms with Crippen LogP contribution in [0.5, 0.6) is 0 Å². The van der Waals surface area contributed by atoms with Crippen LogP contribution >= 0.6 is 11.5 Å². The molecule has 0 radical (unpaired) electrons. The molecule has 0 saturated carbocycles. The van der Waals surface area contributed by atoms with E-state index in [-0.39, 0.29) is 12.5 Å². The summed E-state index contributed by atoms with van der Waals surface area (Å²) in [6.45, 7) is 3.05. The minimum atomic E-state index is -0.847. The first kappa shape index (κ1) is 12.4. The molecule has 0 atom stereocenters. The van der Waals surface area contributed by atoms with Crippen LogP contribution in [0, 0.1) is 6.92 Å². The number of aryl methyl sites for hydroxylation is 1. The number of hydrogen-bond donors (Lipinski definition) is 2. The molecule has 7 heteroatoms. The van der Waals surface area contributed by atoms with Gasteiger partial charge >= 0.3 is 0 Å². The maximum Gasteiger partial charge on any atom is 0.265 e. The van der Waals surface area contributed by atoms with E-state index in [1.165, 1.54) is 0 Å². The average molecular weight is 257 g/mol. The van der Waals surface area contributed by atoms with Crippen molar-refractivity contribution in [2.45, 2.75) is 25.4 Å². The smallest absolute Gasteiger partial charge is 0.265 e. The summed E-state index contributed by atoms with van der Waals surface area (Å²) in [7, 11) is 0. The van der Waals surface area contributed by atoms with Gasteiger partial charge in [-0.3, -0.25) is 4.79 Å². The molecule has 0 aromatic carbocycles. The summed E-state index contributed by atoms with van der Waals surface area (Å²) >= 11 is 1.06. The van der Waals surface area contributed by atoms with Crippen molar-refractivity contribution in [3.63, 3.8) is 0 Å². The Balaban J connectivity index is 1.90. The fourth-order valence-electron chi connectivity index (χ4n) is 1.69. The first-order valence-electron chi connectivity index (χ1n) is 5.48. The molecule has 17 heavy (non-hydrogen) atoms. The van der Waals surface area contributed by atoms with E-state index in [1.54, 1.807) is 6.92 Å². The van der Waals surface area contributed by atoms with Gasteiger partial charge in [-0.1, -0.05) is 4.49 Å². The van der Waals surface area contributed by atoms with Crippen LogP contribution in [0.25, 0.3) is 0 Å². The monoisotopic (exact) mass is 257 g/mol. The molecule has 1 amide bonds. The molecular weight excluding hydrogens is 242 g/mol. The summed E-state index contributed by atoms with van der Waals surface area (Å²) in [5.74, 6) is -0.225. The predicted molar refractivity (Wildman–Crippen MR) is 62.0 cm³/mol. The second kappa shape index (κ2) is 5.07. The lowest BCUT2D eigenvalue weighted by atomic mass is 9.94. The van der Waals surface area contributed by atoms with Gasteiger partial charge in [-0.05, 0) is 18.5 Å². The van der Waals surface area contributed by atoms with Crippen molar-refractivity contribution in [2.24, 2.45) is 0 Å². The van der Waals surface area contributed by atoms with Crippen molar-refractivity contribution >= 4 is 17.4 Å². The van der Waals surface area contributed by atoms with Gasteiger partial charge in [0.2, 0.25) is 0 Å². The number of rotatable bonds is 3. The van der Waals surface area contributed by atoms with Gasteiger partial charge in [-0.2, -0.15) is 0 Å².